The summed E-state index contributed by atoms with van der Waals surface area (Å²) in [5.41, 5.74) is 6.49. The largest absolute Gasteiger partial charge is 0.537 e. The van der Waals surface area contributed by atoms with Crippen molar-refractivity contribution in [3.63, 3.8) is 0 Å². The second-order valence-corrected chi connectivity index (χ2v) is 13.3. The van der Waals surface area contributed by atoms with Crippen molar-refractivity contribution in [1.82, 2.24) is 0 Å². The molecule has 0 amide bonds. The molecule has 0 radical (unpaired) electrons. The van der Waals surface area contributed by atoms with E-state index in [1.165, 1.54) is 32.7 Å². The fourth-order valence-corrected chi connectivity index (χ4v) is 8.52. The van der Waals surface area contributed by atoms with Crippen LogP contribution in [0.15, 0.2) is 120 Å². The second kappa shape index (κ2) is 11.4. The number of furan rings is 1. The Morgan fingerprint density at radius 1 is 0.465 bits per heavy atom. The van der Waals surface area contributed by atoms with Crippen molar-refractivity contribution in [2.45, 2.75) is 20.8 Å². The average Bonchev–Trinajstić information content (AvgIpc) is 3.38. The van der Waals surface area contributed by atoms with Crippen molar-refractivity contribution >= 4 is 57.5 Å². The minimum atomic E-state index is -2.92. The summed E-state index contributed by atoms with van der Waals surface area (Å²) in [5, 5.41) is 8.08. The molecule has 6 aromatic carbocycles. The van der Waals surface area contributed by atoms with Crippen LogP contribution in [-0.2, 0) is 13.3 Å². The number of rotatable bonds is 9. The summed E-state index contributed by atoms with van der Waals surface area (Å²) in [6, 6.07) is 41.1. The van der Waals surface area contributed by atoms with Crippen LogP contribution < -0.4 is 5.19 Å². The maximum Gasteiger partial charge on any atom is 0.537 e. The van der Waals surface area contributed by atoms with Gasteiger partial charge in [0.1, 0.15) is 11.2 Å². The van der Waals surface area contributed by atoms with Crippen molar-refractivity contribution in [2.75, 3.05) is 19.8 Å². The molecule has 214 valence electrons. The maximum absolute atomic E-state index is 6.33. The zero-order valence-electron chi connectivity index (χ0n) is 24.7. The summed E-state index contributed by atoms with van der Waals surface area (Å²) in [6.07, 6.45) is 0. The maximum atomic E-state index is 6.33. The monoisotopic (exact) mass is 582 g/mol. The molecule has 0 atom stereocenters. The normalized spacial score (nSPS) is 12.2. The molecular formula is C38H34O4Si. The highest BCUT2D eigenvalue weighted by Crippen LogP contribution is 2.36. The summed E-state index contributed by atoms with van der Waals surface area (Å²) < 4.78 is 24.6. The Hall–Kier alpha value is -4.26. The lowest BCUT2D eigenvalue weighted by molar-refractivity contribution is 0.0859. The van der Waals surface area contributed by atoms with Crippen LogP contribution in [0, 0.1) is 0 Å². The molecule has 0 aliphatic rings. The first kappa shape index (κ1) is 27.6. The minimum absolute atomic E-state index is 0.546. The van der Waals surface area contributed by atoms with Crippen LogP contribution >= 0.6 is 0 Å². The van der Waals surface area contributed by atoms with Crippen LogP contribution in [0.3, 0.4) is 0 Å². The first-order valence-electron chi connectivity index (χ1n) is 15.0. The molecule has 0 aliphatic heterocycles. The van der Waals surface area contributed by atoms with Crippen molar-refractivity contribution < 1.29 is 17.7 Å². The van der Waals surface area contributed by atoms with Crippen LogP contribution in [0.4, 0.5) is 0 Å². The van der Waals surface area contributed by atoms with Crippen LogP contribution in [0.5, 0.6) is 0 Å². The molecule has 43 heavy (non-hydrogen) atoms. The van der Waals surface area contributed by atoms with E-state index in [2.05, 4.69) is 115 Å². The van der Waals surface area contributed by atoms with E-state index >= 15 is 0 Å². The third kappa shape index (κ3) is 5.05. The number of hydrogen-bond acceptors (Lipinski definition) is 4. The van der Waals surface area contributed by atoms with Crippen molar-refractivity contribution in [3.05, 3.63) is 115 Å². The van der Waals surface area contributed by atoms with Gasteiger partial charge in [0.05, 0.1) is 0 Å². The molecule has 0 saturated carbocycles. The van der Waals surface area contributed by atoms with E-state index < -0.39 is 8.80 Å². The van der Waals surface area contributed by atoms with Gasteiger partial charge in [-0.05, 0) is 94.9 Å². The molecule has 7 rings (SSSR count). The molecule has 0 fully saturated rings. The van der Waals surface area contributed by atoms with E-state index in [1.807, 2.05) is 20.8 Å². The molecule has 1 aromatic heterocycles. The highest BCUT2D eigenvalue weighted by atomic mass is 28.4. The van der Waals surface area contributed by atoms with Gasteiger partial charge in [0.25, 0.3) is 0 Å². The Kier molecular flexibility index (Phi) is 7.33. The lowest BCUT2D eigenvalue weighted by Gasteiger charge is -2.28. The van der Waals surface area contributed by atoms with Crippen LogP contribution in [-0.4, -0.2) is 28.6 Å². The molecule has 7 aromatic rings. The van der Waals surface area contributed by atoms with E-state index in [4.69, 9.17) is 17.7 Å². The predicted octanol–water partition coefficient (Wildman–Crippen LogP) is 9.48. The third-order valence-electron chi connectivity index (χ3n) is 8.09. The van der Waals surface area contributed by atoms with Crippen molar-refractivity contribution in [2.24, 2.45) is 0 Å². The molecule has 5 heteroatoms. The molecule has 0 bridgehead atoms. The zero-order valence-corrected chi connectivity index (χ0v) is 25.7. The van der Waals surface area contributed by atoms with E-state index in [1.54, 1.807) is 0 Å². The molecular weight excluding hydrogens is 549 g/mol. The van der Waals surface area contributed by atoms with Gasteiger partial charge in [0.2, 0.25) is 0 Å². The summed E-state index contributed by atoms with van der Waals surface area (Å²) in [5.74, 6) is 0. The highest BCUT2D eigenvalue weighted by Gasteiger charge is 2.43. The highest BCUT2D eigenvalue weighted by molar-refractivity contribution is 6.75. The van der Waals surface area contributed by atoms with Crippen LogP contribution in [0.1, 0.15) is 20.8 Å². The molecule has 1 heterocycles. The summed E-state index contributed by atoms with van der Waals surface area (Å²) in [7, 11) is -2.92. The fourth-order valence-electron chi connectivity index (χ4n) is 6.05. The minimum Gasteiger partial charge on any atom is -0.456 e. The van der Waals surface area contributed by atoms with Gasteiger partial charge in [-0.15, -0.1) is 0 Å². The topological polar surface area (TPSA) is 40.8 Å². The van der Waals surface area contributed by atoms with Gasteiger partial charge in [0, 0.05) is 35.8 Å². The van der Waals surface area contributed by atoms with E-state index in [0.29, 0.717) is 19.8 Å². The van der Waals surface area contributed by atoms with E-state index in [0.717, 1.165) is 38.3 Å². The molecule has 0 spiro atoms. The lowest BCUT2D eigenvalue weighted by atomic mass is 9.97. The van der Waals surface area contributed by atoms with Gasteiger partial charge >= 0.3 is 8.80 Å². The van der Waals surface area contributed by atoms with Gasteiger partial charge in [-0.1, -0.05) is 84.9 Å². The number of benzene rings is 6. The molecule has 0 unspecified atom stereocenters. The Labute approximate surface area is 252 Å². The molecule has 0 aliphatic carbocycles. The van der Waals surface area contributed by atoms with Crippen LogP contribution in [0.25, 0.3) is 65.7 Å². The predicted molar refractivity (Wildman–Crippen MR) is 180 cm³/mol. The molecule has 0 N–H and O–H groups in total. The lowest BCUT2D eigenvalue weighted by Crippen LogP contribution is -2.56. The summed E-state index contributed by atoms with van der Waals surface area (Å²) in [4.78, 5) is 0. The van der Waals surface area contributed by atoms with Crippen molar-refractivity contribution in [3.8, 4) is 22.3 Å². The fraction of sp³-hybridized carbons (Fsp3) is 0.158. The van der Waals surface area contributed by atoms with E-state index in [-0.39, 0.29) is 0 Å². The zero-order chi connectivity index (χ0) is 29.4. The van der Waals surface area contributed by atoms with Crippen molar-refractivity contribution in [1.29, 1.82) is 0 Å². The quantitative estimate of drug-likeness (QED) is 0.159. The molecule has 4 nitrogen and oxygen atoms in total. The second-order valence-electron chi connectivity index (χ2n) is 10.7. The Bertz CT molecular complexity index is 2040. The standard InChI is InChI=1S/C38H34O4Si/c1-4-39-43(40-5-2,41-6-3)34-19-17-27(18-20-34)26-11-13-28(14-12-26)31-15-16-32-23-36-35-22-29-9-7-8-10-30(29)24-37(35)42-38(36)25-33(32)21-31/h7-25H,4-6H2,1-3H3. The van der Waals surface area contributed by atoms with E-state index in [9.17, 15) is 0 Å². The average molecular weight is 583 g/mol. The third-order valence-corrected chi connectivity index (χ3v) is 11.1. The van der Waals surface area contributed by atoms with Gasteiger partial charge in [0.15, 0.2) is 0 Å². The smallest absolute Gasteiger partial charge is 0.456 e. The number of fused-ring (bicyclic) bond motifs is 5. The first-order valence-corrected chi connectivity index (χ1v) is 16.8. The van der Waals surface area contributed by atoms with Gasteiger partial charge < -0.3 is 17.7 Å². The summed E-state index contributed by atoms with van der Waals surface area (Å²) in [6.45, 7) is 7.57. The summed E-state index contributed by atoms with van der Waals surface area (Å²) >= 11 is 0. The Morgan fingerprint density at radius 3 is 1.47 bits per heavy atom. The Morgan fingerprint density at radius 2 is 0.907 bits per heavy atom. The SMILES string of the molecule is CCO[Si](OCC)(OCC)c1ccc(-c2ccc(-c3ccc4cc5c(cc4c3)oc3cc4ccccc4cc35)cc2)cc1. The Balaban J connectivity index is 1.18. The number of hydrogen-bond donors (Lipinski definition) is 0. The van der Waals surface area contributed by atoms with Gasteiger partial charge in [-0.3, -0.25) is 0 Å². The van der Waals surface area contributed by atoms with Crippen LogP contribution in [0.2, 0.25) is 0 Å². The van der Waals surface area contributed by atoms with Gasteiger partial charge in [-0.25, -0.2) is 0 Å². The first-order chi connectivity index (χ1) is 21.1. The molecule has 0 saturated heterocycles. The van der Waals surface area contributed by atoms with Gasteiger partial charge in [-0.2, -0.15) is 0 Å².